The highest BCUT2D eigenvalue weighted by molar-refractivity contribution is 6.06. The lowest BCUT2D eigenvalue weighted by Crippen LogP contribution is -2.27. The topological polar surface area (TPSA) is 92.7 Å². The van der Waals surface area contributed by atoms with Crippen molar-refractivity contribution in [3.05, 3.63) is 41.4 Å². The van der Waals surface area contributed by atoms with Gasteiger partial charge in [-0.2, -0.15) is 0 Å². The predicted octanol–water partition coefficient (Wildman–Crippen LogP) is 2.76. The van der Waals surface area contributed by atoms with Gasteiger partial charge in [-0.3, -0.25) is 4.79 Å². The summed E-state index contributed by atoms with van der Waals surface area (Å²) in [6, 6.07) is 0. The zero-order valence-electron chi connectivity index (χ0n) is 14.9. The summed E-state index contributed by atoms with van der Waals surface area (Å²) in [6.07, 6.45) is 7.56. The maximum Gasteiger partial charge on any atom is 0.287 e. The molecule has 2 heterocycles. The summed E-state index contributed by atoms with van der Waals surface area (Å²) in [5.41, 5.74) is 2.06. The Balaban J connectivity index is 1.68. The van der Waals surface area contributed by atoms with E-state index in [4.69, 9.17) is 4.42 Å². The van der Waals surface area contributed by atoms with E-state index in [1.54, 1.807) is 12.5 Å². The third kappa shape index (κ3) is 3.60. The summed E-state index contributed by atoms with van der Waals surface area (Å²) in [6.45, 7) is 7.37. The number of furan rings is 1. The fourth-order valence-electron chi connectivity index (χ4n) is 3.38. The molecular weight excluding hydrogens is 320 g/mol. The van der Waals surface area contributed by atoms with Crippen molar-refractivity contribution in [3.8, 4) is 0 Å². The van der Waals surface area contributed by atoms with Crippen molar-refractivity contribution >= 4 is 11.6 Å². The molecule has 2 aromatic heterocycles. The van der Waals surface area contributed by atoms with Crippen LogP contribution in [0.2, 0.25) is 0 Å². The molecule has 0 bridgehead atoms. The first kappa shape index (κ1) is 17.3. The number of aromatic nitrogens is 2. The first-order valence-corrected chi connectivity index (χ1v) is 8.49. The first-order valence-electron chi connectivity index (χ1n) is 8.49. The Morgan fingerprint density at radius 2 is 2.28 bits per heavy atom. The minimum atomic E-state index is -0.229. The second-order valence-electron chi connectivity index (χ2n) is 7.33. The summed E-state index contributed by atoms with van der Waals surface area (Å²) in [7, 11) is 0. The lowest BCUT2D eigenvalue weighted by Gasteiger charge is -2.28. The molecule has 0 unspecified atom stereocenters. The average molecular weight is 344 g/mol. The lowest BCUT2D eigenvalue weighted by molar-refractivity contribution is 0.0921. The van der Waals surface area contributed by atoms with Crippen LogP contribution in [0.15, 0.2) is 28.3 Å². The number of fused-ring (bicyclic) bond motifs is 1. The second-order valence-corrected chi connectivity index (χ2v) is 7.33. The fourth-order valence-corrected chi connectivity index (χ4v) is 3.38. The smallest absolute Gasteiger partial charge is 0.287 e. The van der Waals surface area contributed by atoms with Gasteiger partial charge in [0.15, 0.2) is 5.76 Å². The average Bonchev–Trinajstić information content (AvgIpc) is 3.18. The van der Waals surface area contributed by atoms with Crippen molar-refractivity contribution in [2.24, 2.45) is 10.6 Å². The van der Waals surface area contributed by atoms with E-state index in [0.717, 1.165) is 36.3 Å². The van der Waals surface area contributed by atoms with Crippen LogP contribution in [0.5, 0.6) is 0 Å². The number of nitrogens with one attached hydrogen (secondary N) is 1. The standard InChI is InChI=1S/C18H24N4O3/c1-12-15-13(21-24)9-18(2,3)10-14(15)25-16(12)17(23)20-5-4-7-22-8-6-19-11-22/h6,8,11,24H,4-5,7,9-10H2,1-3H3,(H,20,23)/b21-13-. The maximum atomic E-state index is 12.5. The molecule has 7 nitrogen and oxygen atoms in total. The molecule has 2 aromatic rings. The highest BCUT2D eigenvalue weighted by Gasteiger charge is 2.36. The van der Waals surface area contributed by atoms with Crippen molar-refractivity contribution in [3.63, 3.8) is 0 Å². The molecule has 0 saturated heterocycles. The van der Waals surface area contributed by atoms with Gasteiger partial charge in [0.2, 0.25) is 0 Å². The van der Waals surface area contributed by atoms with Gasteiger partial charge in [0, 0.05) is 43.0 Å². The number of rotatable bonds is 5. The van der Waals surface area contributed by atoms with E-state index in [1.165, 1.54) is 0 Å². The highest BCUT2D eigenvalue weighted by atomic mass is 16.4. The largest absolute Gasteiger partial charge is 0.455 e. The Morgan fingerprint density at radius 1 is 1.48 bits per heavy atom. The number of carbonyl (C=O) groups is 1. The van der Waals surface area contributed by atoms with Crippen molar-refractivity contribution in [1.29, 1.82) is 0 Å². The molecule has 25 heavy (non-hydrogen) atoms. The molecule has 1 aliphatic rings. The summed E-state index contributed by atoms with van der Waals surface area (Å²) < 4.78 is 7.82. The molecule has 0 aromatic carbocycles. The van der Waals surface area contributed by atoms with Gasteiger partial charge in [-0.05, 0) is 25.2 Å². The molecule has 134 valence electrons. The molecule has 3 rings (SSSR count). The van der Waals surface area contributed by atoms with Crippen LogP contribution in [-0.2, 0) is 13.0 Å². The third-order valence-corrected chi connectivity index (χ3v) is 4.56. The minimum Gasteiger partial charge on any atom is -0.455 e. The van der Waals surface area contributed by atoms with Crippen LogP contribution in [0.4, 0.5) is 0 Å². The molecule has 0 spiro atoms. The SMILES string of the molecule is Cc1c(C(=O)NCCCn2ccnc2)oc2c1/C(=N\O)CC(C)(C)C2. The van der Waals surface area contributed by atoms with Gasteiger partial charge in [-0.15, -0.1) is 0 Å². The quantitative estimate of drug-likeness (QED) is 0.495. The number of carbonyl (C=O) groups excluding carboxylic acids is 1. The number of oxime groups is 1. The van der Waals surface area contributed by atoms with Gasteiger partial charge < -0.3 is 19.5 Å². The number of imidazole rings is 1. The van der Waals surface area contributed by atoms with Gasteiger partial charge >= 0.3 is 0 Å². The van der Waals surface area contributed by atoms with Crippen LogP contribution in [0.25, 0.3) is 0 Å². The van der Waals surface area contributed by atoms with Gasteiger partial charge in [-0.1, -0.05) is 19.0 Å². The second kappa shape index (κ2) is 6.74. The van der Waals surface area contributed by atoms with E-state index in [1.807, 2.05) is 17.7 Å². The summed E-state index contributed by atoms with van der Waals surface area (Å²) in [5.74, 6) is 0.809. The number of nitrogens with zero attached hydrogens (tertiary/aromatic N) is 3. The van der Waals surface area contributed by atoms with Crippen molar-refractivity contribution in [2.45, 2.75) is 46.6 Å². The third-order valence-electron chi connectivity index (χ3n) is 4.56. The van der Waals surface area contributed by atoms with E-state index >= 15 is 0 Å². The molecule has 1 amide bonds. The zero-order valence-corrected chi connectivity index (χ0v) is 14.9. The lowest BCUT2D eigenvalue weighted by atomic mass is 9.75. The van der Waals surface area contributed by atoms with E-state index < -0.39 is 0 Å². The molecule has 0 atom stereocenters. The Bertz CT molecular complexity index is 788. The van der Waals surface area contributed by atoms with Crippen LogP contribution in [0.3, 0.4) is 0 Å². The fraction of sp³-hybridized carbons (Fsp3) is 0.500. The summed E-state index contributed by atoms with van der Waals surface area (Å²) >= 11 is 0. The van der Waals surface area contributed by atoms with Gasteiger partial charge in [0.25, 0.3) is 5.91 Å². The predicted molar refractivity (Wildman–Crippen MR) is 93.0 cm³/mol. The molecule has 0 fully saturated rings. The molecular formula is C18H24N4O3. The molecule has 0 aliphatic heterocycles. The minimum absolute atomic E-state index is 0.0581. The Labute approximate surface area is 146 Å². The number of hydrogen-bond donors (Lipinski definition) is 2. The number of hydrogen-bond acceptors (Lipinski definition) is 5. The van der Waals surface area contributed by atoms with E-state index in [9.17, 15) is 10.0 Å². The maximum absolute atomic E-state index is 12.5. The van der Waals surface area contributed by atoms with Crippen LogP contribution in [0.1, 0.15) is 54.1 Å². The van der Waals surface area contributed by atoms with Gasteiger partial charge in [0.05, 0.1) is 12.0 Å². The Morgan fingerprint density at radius 3 is 2.96 bits per heavy atom. The van der Waals surface area contributed by atoms with E-state index in [0.29, 0.717) is 24.4 Å². The van der Waals surface area contributed by atoms with Crippen LogP contribution < -0.4 is 5.32 Å². The van der Waals surface area contributed by atoms with E-state index in [-0.39, 0.29) is 11.3 Å². The van der Waals surface area contributed by atoms with Crippen molar-refractivity contribution < 1.29 is 14.4 Å². The highest BCUT2D eigenvalue weighted by Crippen LogP contribution is 2.38. The molecule has 0 saturated carbocycles. The van der Waals surface area contributed by atoms with Crippen molar-refractivity contribution in [2.75, 3.05) is 6.54 Å². The molecule has 1 aliphatic carbocycles. The molecule has 7 heteroatoms. The van der Waals surface area contributed by atoms with Gasteiger partial charge in [0.1, 0.15) is 5.76 Å². The van der Waals surface area contributed by atoms with Crippen LogP contribution >= 0.6 is 0 Å². The van der Waals surface area contributed by atoms with Crippen LogP contribution in [-0.4, -0.2) is 32.9 Å². The summed E-state index contributed by atoms with van der Waals surface area (Å²) in [4.78, 5) is 16.5. The number of amides is 1. The Kier molecular flexibility index (Phi) is 4.65. The molecule has 2 N–H and O–H groups in total. The van der Waals surface area contributed by atoms with E-state index in [2.05, 4.69) is 29.3 Å². The van der Waals surface area contributed by atoms with Gasteiger partial charge in [-0.25, -0.2) is 4.98 Å². The summed E-state index contributed by atoms with van der Waals surface area (Å²) in [5, 5.41) is 15.7. The zero-order chi connectivity index (χ0) is 18.0. The first-order chi connectivity index (χ1) is 11.9. The van der Waals surface area contributed by atoms with Crippen LogP contribution in [0, 0.1) is 12.3 Å². The Hall–Kier alpha value is -2.57. The van der Waals surface area contributed by atoms with Crippen molar-refractivity contribution in [1.82, 2.24) is 14.9 Å². The normalized spacial score (nSPS) is 17.5. The number of aryl methyl sites for hydroxylation is 1. The molecule has 0 radical (unpaired) electrons. The monoisotopic (exact) mass is 344 g/mol.